The van der Waals surface area contributed by atoms with Crippen molar-refractivity contribution < 1.29 is 22.0 Å². The van der Waals surface area contributed by atoms with Crippen LogP contribution in [0, 0.1) is 11.6 Å². The maximum absolute atomic E-state index is 13.3. The quantitative estimate of drug-likeness (QED) is 0.779. The Morgan fingerprint density at radius 2 is 1.63 bits per heavy atom. The van der Waals surface area contributed by atoms with Crippen LogP contribution in [0.4, 0.5) is 8.78 Å². The number of rotatable bonds is 7. The van der Waals surface area contributed by atoms with Crippen LogP contribution in [0.3, 0.4) is 0 Å². The Morgan fingerprint density at radius 3 is 2.15 bits per heavy atom. The van der Waals surface area contributed by atoms with Gasteiger partial charge in [-0.2, -0.15) is 4.31 Å². The third-order valence-electron chi connectivity index (χ3n) is 4.25. The molecule has 1 amide bonds. The zero-order chi connectivity index (χ0) is 20.2. The van der Waals surface area contributed by atoms with E-state index in [1.165, 1.54) is 34.6 Å². The van der Waals surface area contributed by atoms with Gasteiger partial charge in [-0.05, 0) is 48.9 Å². The van der Waals surface area contributed by atoms with Crippen LogP contribution in [-0.4, -0.2) is 31.7 Å². The Labute approximate surface area is 158 Å². The second-order valence-electron chi connectivity index (χ2n) is 5.98. The van der Waals surface area contributed by atoms with Crippen molar-refractivity contribution in [1.82, 2.24) is 9.62 Å². The maximum atomic E-state index is 13.3. The largest absolute Gasteiger partial charge is 0.346 e. The van der Waals surface area contributed by atoms with Crippen molar-refractivity contribution in [3.63, 3.8) is 0 Å². The Kier molecular flexibility index (Phi) is 6.67. The first-order valence-electron chi connectivity index (χ1n) is 8.56. The summed E-state index contributed by atoms with van der Waals surface area (Å²) in [5, 5.41) is 2.67. The highest BCUT2D eigenvalue weighted by atomic mass is 32.2. The second-order valence-corrected chi connectivity index (χ2v) is 7.92. The molecule has 0 aliphatic heterocycles. The van der Waals surface area contributed by atoms with Gasteiger partial charge < -0.3 is 5.32 Å². The number of halogens is 2. The number of carbonyl (C=O) groups excluding carboxylic acids is 1. The topological polar surface area (TPSA) is 66.5 Å². The fourth-order valence-corrected chi connectivity index (χ4v) is 4.09. The molecule has 0 fully saturated rings. The lowest BCUT2D eigenvalue weighted by molar-refractivity contribution is 0.0939. The number of hydrogen-bond acceptors (Lipinski definition) is 3. The minimum Gasteiger partial charge on any atom is -0.346 e. The molecule has 146 valence electrons. The monoisotopic (exact) mass is 396 g/mol. The van der Waals surface area contributed by atoms with Crippen LogP contribution >= 0.6 is 0 Å². The van der Waals surface area contributed by atoms with Gasteiger partial charge in [0.1, 0.15) is 0 Å². The number of hydrogen-bond donors (Lipinski definition) is 1. The highest BCUT2D eigenvalue weighted by Crippen LogP contribution is 2.18. The maximum Gasteiger partial charge on any atom is 0.251 e. The van der Waals surface area contributed by atoms with Crippen LogP contribution in [0.15, 0.2) is 47.4 Å². The minimum atomic E-state index is -3.59. The van der Waals surface area contributed by atoms with E-state index < -0.39 is 33.6 Å². The van der Waals surface area contributed by atoms with Gasteiger partial charge in [0.15, 0.2) is 11.6 Å². The molecule has 2 aromatic rings. The number of nitrogens with zero attached hydrogens (tertiary/aromatic N) is 1. The van der Waals surface area contributed by atoms with Crippen LogP contribution in [-0.2, 0) is 10.0 Å². The number of amides is 1. The van der Waals surface area contributed by atoms with E-state index in [1.807, 2.05) is 0 Å². The first kappa shape index (κ1) is 21.0. The lowest BCUT2D eigenvalue weighted by atomic mass is 10.1. The van der Waals surface area contributed by atoms with Crippen molar-refractivity contribution in [2.45, 2.75) is 31.7 Å². The van der Waals surface area contributed by atoms with Gasteiger partial charge in [0, 0.05) is 18.7 Å². The molecule has 0 radical (unpaired) electrons. The standard InChI is InChI=1S/C19H22F2N2O3S/c1-4-23(5-2)27(25,26)16-9-6-14(7-10-16)19(24)22-13(3)15-8-11-17(20)18(21)12-15/h6-13H,4-5H2,1-3H3,(H,22,24). The van der Waals surface area contributed by atoms with Gasteiger partial charge in [0.25, 0.3) is 5.91 Å². The van der Waals surface area contributed by atoms with E-state index in [4.69, 9.17) is 0 Å². The summed E-state index contributed by atoms with van der Waals surface area (Å²) < 4.78 is 52.6. The predicted octanol–water partition coefficient (Wildman–Crippen LogP) is 3.49. The molecule has 0 saturated carbocycles. The third-order valence-corrected chi connectivity index (χ3v) is 6.32. The van der Waals surface area contributed by atoms with Gasteiger partial charge in [-0.15, -0.1) is 0 Å². The van der Waals surface area contributed by atoms with E-state index in [9.17, 15) is 22.0 Å². The summed E-state index contributed by atoms with van der Waals surface area (Å²) in [5.74, 6) is -2.39. The van der Waals surface area contributed by atoms with E-state index in [2.05, 4.69) is 5.32 Å². The molecule has 27 heavy (non-hydrogen) atoms. The van der Waals surface area contributed by atoms with Crippen molar-refractivity contribution in [2.75, 3.05) is 13.1 Å². The molecule has 8 heteroatoms. The zero-order valence-electron chi connectivity index (χ0n) is 15.4. The average molecular weight is 396 g/mol. The van der Waals surface area contributed by atoms with Gasteiger partial charge in [0.2, 0.25) is 10.0 Å². The van der Waals surface area contributed by atoms with E-state index >= 15 is 0 Å². The van der Waals surface area contributed by atoms with Gasteiger partial charge in [-0.1, -0.05) is 19.9 Å². The molecule has 1 atom stereocenters. The fraction of sp³-hybridized carbons (Fsp3) is 0.316. The van der Waals surface area contributed by atoms with Gasteiger partial charge >= 0.3 is 0 Å². The summed E-state index contributed by atoms with van der Waals surface area (Å²) in [6.07, 6.45) is 0. The first-order chi connectivity index (χ1) is 12.7. The highest BCUT2D eigenvalue weighted by molar-refractivity contribution is 7.89. The first-order valence-corrected chi connectivity index (χ1v) is 10.0. The number of carbonyl (C=O) groups is 1. The van der Waals surface area contributed by atoms with Crippen molar-refractivity contribution in [1.29, 1.82) is 0 Å². The Hall–Kier alpha value is -2.32. The third kappa shape index (κ3) is 4.70. The molecule has 0 aliphatic carbocycles. The molecule has 1 N–H and O–H groups in total. The van der Waals surface area contributed by atoms with E-state index in [0.29, 0.717) is 18.7 Å². The van der Waals surface area contributed by atoms with Crippen LogP contribution in [0.2, 0.25) is 0 Å². The number of nitrogens with one attached hydrogen (secondary N) is 1. The molecule has 1 unspecified atom stereocenters. The van der Waals surface area contributed by atoms with Crippen LogP contribution in [0.5, 0.6) is 0 Å². The molecule has 0 bridgehead atoms. The minimum absolute atomic E-state index is 0.108. The molecule has 5 nitrogen and oxygen atoms in total. The summed E-state index contributed by atoms with van der Waals surface area (Å²) in [5.41, 5.74) is 0.686. The molecule has 2 rings (SSSR count). The van der Waals surface area contributed by atoms with Crippen LogP contribution < -0.4 is 5.32 Å². The molecule has 0 saturated heterocycles. The molecule has 0 spiro atoms. The number of sulfonamides is 1. The van der Waals surface area contributed by atoms with Crippen LogP contribution in [0.25, 0.3) is 0 Å². The highest BCUT2D eigenvalue weighted by Gasteiger charge is 2.22. The fourth-order valence-electron chi connectivity index (χ4n) is 2.64. The van der Waals surface area contributed by atoms with Crippen LogP contribution in [0.1, 0.15) is 42.7 Å². The van der Waals surface area contributed by atoms with Crippen molar-refractivity contribution in [3.8, 4) is 0 Å². The average Bonchev–Trinajstić information content (AvgIpc) is 2.64. The van der Waals surface area contributed by atoms with E-state index in [-0.39, 0.29) is 10.5 Å². The van der Waals surface area contributed by atoms with Gasteiger partial charge in [0.05, 0.1) is 10.9 Å². The molecule has 0 aliphatic rings. The van der Waals surface area contributed by atoms with Crippen molar-refractivity contribution in [3.05, 3.63) is 65.2 Å². The normalized spacial score (nSPS) is 12.8. The summed E-state index contributed by atoms with van der Waals surface area (Å²) in [4.78, 5) is 12.5. The van der Waals surface area contributed by atoms with Crippen molar-refractivity contribution >= 4 is 15.9 Å². The Morgan fingerprint density at radius 1 is 1.04 bits per heavy atom. The van der Waals surface area contributed by atoms with Gasteiger partial charge in [-0.3, -0.25) is 4.79 Å². The van der Waals surface area contributed by atoms with Gasteiger partial charge in [-0.25, -0.2) is 17.2 Å². The second kappa shape index (κ2) is 8.58. The molecular formula is C19H22F2N2O3S. The van der Waals surface area contributed by atoms with E-state index in [1.54, 1.807) is 20.8 Å². The molecular weight excluding hydrogens is 374 g/mol. The Balaban J connectivity index is 2.14. The lowest BCUT2D eigenvalue weighted by Gasteiger charge is -2.18. The zero-order valence-corrected chi connectivity index (χ0v) is 16.2. The smallest absolute Gasteiger partial charge is 0.251 e. The SMILES string of the molecule is CCN(CC)S(=O)(=O)c1ccc(C(=O)NC(C)c2ccc(F)c(F)c2)cc1. The lowest BCUT2D eigenvalue weighted by Crippen LogP contribution is -2.30. The Bertz CT molecular complexity index is 911. The molecule has 2 aromatic carbocycles. The van der Waals surface area contributed by atoms with E-state index in [0.717, 1.165) is 12.1 Å². The summed E-state index contributed by atoms with van der Waals surface area (Å²) in [7, 11) is -3.59. The molecule has 0 heterocycles. The summed E-state index contributed by atoms with van der Waals surface area (Å²) in [6.45, 7) is 5.86. The van der Waals surface area contributed by atoms with Crippen molar-refractivity contribution in [2.24, 2.45) is 0 Å². The summed E-state index contributed by atoms with van der Waals surface area (Å²) >= 11 is 0. The molecule has 0 aromatic heterocycles. The number of benzene rings is 2. The predicted molar refractivity (Wildman–Crippen MR) is 98.8 cm³/mol. The summed E-state index contributed by atoms with van der Waals surface area (Å²) in [6, 6.07) is 8.47.